The molecule has 3 nitrogen and oxygen atoms in total. The van der Waals surface area contributed by atoms with Crippen molar-refractivity contribution in [3.63, 3.8) is 0 Å². The number of nitrogens with zero attached hydrogens (tertiary/aromatic N) is 3. The van der Waals surface area contributed by atoms with E-state index in [-0.39, 0.29) is 0 Å². The summed E-state index contributed by atoms with van der Waals surface area (Å²) in [7, 11) is 0. The largest absolute Gasteiger partial charge is 0.282 e. The van der Waals surface area contributed by atoms with Crippen LogP contribution in [0.3, 0.4) is 0 Å². The van der Waals surface area contributed by atoms with Crippen LogP contribution in [0.5, 0.6) is 0 Å². The summed E-state index contributed by atoms with van der Waals surface area (Å²) in [6, 6.07) is 10.5. The SMILES string of the molecule is Cc1ccc(-c2nnc3c(C)cccn23)c(C)c1. The van der Waals surface area contributed by atoms with E-state index in [1.54, 1.807) is 0 Å². The molecule has 18 heavy (non-hydrogen) atoms. The molecule has 0 amide bonds. The maximum Gasteiger partial charge on any atom is 0.168 e. The highest BCUT2D eigenvalue weighted by molar-refractivity contribution is 5.64. The van der Waals surface area contributed by atoms with Crippen LogP contribution >= 0.6 is 0 Å². The molecule has 2 aromatic heterocycles. The van der Waals surface area contributed by atoms with E-state index < -0.39 is 0 Å². The zero-order valence-corrected chi connectivity index (χ0v) is 10.8. The molecule has 0 unspecified atom stereocenters. The molecule has 0 bridgehead atoms. The Morgan fingerprint density at radius 3 is 2.56 bits per heavy atom. The average Bonchev–Trinajstić information content (AvgIpc) is 2.74. The quantitative estimate of drug-likeness (QED) is 0.650. The molecule has 3 heteroatoms. The molecular weight excluding hydrogens is 222 g/mol. The van der Waals surface area contributed by atoms with Gasteiger partial charge in [-0.25, -0.2) is 0 Å². The second-order valence-corrected chi connectivity index (χ2v) is 4.73. The van der Waals surface area contributed by atoms with Gasteiger partial charge in [0, 0.05) is 11.8 Å². The Bertz CT molecular complexity index is 726. The van der Waals surface area contributed by atoms with E-state index in [9.17, 15) is 0 Å². The number of aryl methyl sites for hydroxylation is 3. The van der Waals surface area contributed by atoms with Gasteiger partial charge in [-0.3, -0.25) is 4.40 Å². The molecule has 3 aromatic rings. The molecular formula is C15H15N3. The highest BCUT2D eigenvalue weighted by Crippen LogP contribution is 2.23. The summed E-state index contributed by atoms with van der Waals surface area (Å²) < 4.78 is 2.05. The van der Waals surface area contributed by atoms with Crippen molar-refractivity contribution >= 4 is 5.65 Å². The van der Waals surface area contributed by atoms with Gasteiger partial charge in [0.15, 0.2) is 11.5 Å². The standard InChI is InChI=1S/C15H15N3/c1-10-6-7-13(12(3)9-10)15-17-16-14-11(2)5-4-8-18(14)15/h4-9H,1-3H3. The second-order valence-electron chi connectivity index (χ2n) is 4.73. The number of aromatic nitrogens is 3. The van der Waals surface area contributed by atoms with Gasteiger partial charge in [-0.2, -0.15) is 0 Å². The first-order valence-electron chi connectivity index (χ1n) is 6.05. The van der Waals surface area contributed by atoms with Crippen molar-refractivity contribution in [1.29, 1.82) is 0 Å². The molecule has 0 aliphatic heterocycles. The van der Waals surface area contributed by atoms with Gasteiger partial charge < -0.3 is 0 Å². The first-order valence-corrected chi connectivity index (χ1v) is 6.05. The predicted molar refractivity (Wildman–Crippen MR) is 72.6 cm³/mol. The molecule has 2 heterocycles. The van der Waals surface area contributed by atoms with Crippen molar-refractivity contribution < 1.29 is 0 Å². The maximum absolute atomic E-state index is 4.33. The van der Waals surface area contributed by atoms with E-state index in [1.807, 2.05) is 16.7 Å². The summed E-state index contributed by atoms with van der Waals surface area (Å²) in [5.74, 6) is 0.909. The van der Waals surface area contributed by atoms with Gasteiger partial charge >= 0.3 is 0 Å². The molecule has 90 valence electrons. The number of fused-ring (bicyclic) bond motifs is 1. The Kier molecular flexibility index (Phi) is 2.40. The Hall–Kier alpha value is -2.16. The zero-order valence-electron chi connectivity index (χ0n) is 10.8. The summed E-state index contributed by atoms with van der Waals surface area (Å²) in [6.07, 6.45) is 2.01. The minimum atomic E-state index is 0.909. The summed E-state index contributed by atoms with van der Waals surface area (Å²) in [6.45, 7) is 6.26. The van der Waals surface area contributed by atoms with Crippen LogP contribution in [0.4, 0.5) is 0 Å². The van der Waals surface area contributed by atoms with Crippen LogP contribution in [0, 0.1) is 20.8 Å². The smallest absolute Gasteiger partial charge is 0.168 e. The molecule has 0 N–H and O–H groups in total. The van der Waals surface area contributed by atoms with Gasteiger partial charge in [-0.1, -0.05) is 29.8 Å². The lowest BCUT2D eigenvalue weighted by atomic mass is 10.1. The van der Waals surface area contributed by atoms with Crippen molar-refractivity contribution in [1.82, 2.24) is 14.6 Å². The summed E-state index contributed by atoms with van der Waals surface area (Å²) in [5.41, 5.74) is 5.69. The molecule has 1 aromatic carbocycles. The first kappa shape index (κ1) is 11.0. The van der Waals surface area contributed by atoms with E-state index in [1.165, 1.54) is 11.1 Å². The van der Waals surface area contributed by atoms with Crippen LogP contribution in [0.2, 0.25) is 0 Å². The van der Waals surface area contributed by atoms with E-state index >= 15 is 0 Å². The molecule has 0 aliphatic carbocycles. The van der Waals surface area contributed by atoms with Crippen molar-refractivity contribution in [3.8, 4) is 11.4 Å². The summed E-state index contributed by atoms with van der Waals surface area (Å²) >= 11 is 0. The minimum absolute atomic E-state index is 0.909. The highest BCUT2D eigenvalue weighted by Gasteiger charge is 2.11. The summed E-state index contributed by atoms with van der Waals surface area (Å²) in [5, 5.41) is 8.60. The monoisotopic (exact) mass is 237 g/mol. The van der Waals surface area contributed by atoms with Gasteiger partial charge in [0.05, 0.1) is 0 Å². The van der Waals surface area contributed by atoms with E-state index in [0.717, 1.165) is 22.6 Å². The van der Waals surface area contributed by atoms with Gasteiger partial charge in [0.25, 0.3) is 0 Å². The number of rotatable bonds is 1. The van der Waals surface area contributed by atoms with Crippen LogP contribution in [0.25, 0.3) is 17.0 Å². The number of benzene rings is 1. The third-order valence-corrected chi connectivity index (χ3v) is 3.25. The van der Waals surface area contributed by atoms with E-state index in [4.69, 9.17) is 0 Å². The molecule has 0 saturated carbocycles. The Balaban J connectivity index is 2.29. The van der Waals surface area contributed by atoms with Crippen LogP contribution in [0.15, 0.2) is 36.5 Å². The van der Waals surface area contributed by atoms with Crippen LogP contribution in [-0.4, -0.2) is 14.6 Å². The second kappa shape index (κ2) is 3.95. The minimum Gasteiger partial charge on any atom is -0.282 e. The van der Waals surface area contributed by atoms with Crippen molar-refractivity contribution in [2.24, 2.45) is 0 Å². The lowest BCUT2D eigenvalue weighted by molar-refractivity contribution is 1.10. The molecule has 0 fully saturated rings. The highest BCUT2D eigenvalue weighted by atomic mass is 15.2. The van der Waals surface area contributed by atoms with Crippen LogP contribution in [-0.2, 0) is 0 Å². The molecule has 0 spiro atoms. The normalized spacial score (nSPS) is 11.1. The first-order chi connectivity index (χ1) is 8.66. The number of pyridine rings is 1. The molecule has 0 saturated heterocycles. The van der Waals surface area contributed by atoms with Crippen molar-refractivity contribution in [2.45, 2.75) is 20.8 Å². The summed E-state index contributed by atoms with van der Waals surface area (Å²) in [4.78, 5) is 0. The van der Waals surface area contributed by atoms with Gasteiger partial charge in [0.1, 0.15) is 0 Å². The van der Waals surface area contributed by atoms with Gasteiger partial charge in [-0.15, -0.1) is 10.2 Å². The molecule has 0 atom stereocenters. The lowest BCUT2D eigenvalue weighted by Crippen LogP contribution is -1.92. The van der Waals surface area contributed by atoms with E-state index in [0.29, 0.717) is 0 Å². The third kappa shape index (κ3) is 1.59. The number of hydrogen-bond acceptors (Lipinski definition) is 2. The molecule has 0 radical (unpaired) electrons. The Labute approximate surface area is 106 Å². The van der Waals surface area contributed by atoms with Gasteiger partial charge in [0.2, 0.25) is 0 Å². The van der Waals surface area contributed by atoms with Gasteiger partial charge in [-0.05, 0) is 38.0 Å². The maximum atomic E-state index is 4.33. The van der Waals surface area contributed by atoms with Crippen LogP contribution < -0.4 is 0 Å². The zero-order chi connectivity index (χ0) is 12.7. The average molecular weight is 237 g/mol. The van der Waals surface area contributed by atoms with Crippen molar-refractivity contribution in [2.75, 3.05) is 0 Å². The predicted octanol–water partition coefficient (Wildman–Crippen LogP) is 3.32. The van der Waals surface area contributed by atoms with Crippen molar-refractivity contribution in [3.05, 3.63) is 53.2 Å². The van der Waals surface area contributed by atoms with Crippen LogP contribution in [0.1, 0.15) is 16.7 Å². The fourth-order valence-corrected chi connectivity index (χ4v) is 2.30. The Morgan fingerprint density at radius 2 is 1.78 bits per heavy atom. The fourth-order valence-electron chi connectivity index (χ4n) is 2.30. The lowest BCUT2D eigenvalue weighted by Gasteiger charge is -2.05. The van der Waals surface area contributed by atoms with E-state index in [2.05, 4.69) is 55.2 Å². The topological polar surface area (TPSA) is 30.2 Å². The molecule has 0 aliphatic rings. The molecule has 3 rings (SSSR count). The third-order valence-electron chi connectivity index (χ3n) is 3.25. The number of hydrogen-bond donors (Lipinski definition) is 0. The fraction of sp³-hybridized carbons (Fsp3) is 0.200. The Morgan fingerprint density at radius 1 is 0.944 bits per heavy atom.